The molecule has 0 fully saturated rings. The lowest BCUT2D eigenvalue weighted by molar-refractivity contribution is -0.133. The molecule has 1 aliphatic heterocycles. The van der Waals surface area contributed by atoms with Crippen molar-refractivity contribution in [2.24, 2.45) is 0 Å². The topological polar surface area (TPSA) is 67.9 Å². The van der Waals surface area contributed by atoms with Crippen LogP contribution in [0, 0.1) is 0 Å². The molecule has 1 atom stereocenters. The van der Waals surface area contributed by atoms with Crippen LogP contribution in [0.1, 0.15) is 43.0 Å². The zero-order chi connectivity index (χ0) is 21.7. The lowest BCUT2D eigenvalue weighted by atomic mass is 9.90. The van der Waals surface area contributed by atoms with Crippen molar-refractivity contribution in [3.63, 3.8) is 0 Å². The van der Waals surface area contributed by atoms with Gasteiger partial charge in [0.1, 0.15) is 0 Å². The minimum Gasteiger partial charge on any atom is -0.493 e. The number of amides is 2. The number of hydrogen-bond acceptors (Lipinski definition) is 4. The van der Waals surface area contributed by atoms with E-state index in [-0.39, 0.29) is 24.3 Å². The molecule has 1 aliphatic rings. The van der Waals surface area contributed by atoms with E-state index in [2.05, 4.69) is 11.4 Å². The predicted octanol–water partition coefficient (Wildman–Crippen LogP) is 3.90. The van der Waals surface area contributed by atoms with E-state index < -0.39 is 0 Å². The van der Waals surface area contributed by atoms with Crippen LogP contribution in [0.25, 0.3) is 0 Å². The van der Waals surface area contributed by atoms with E-state index in [1.165, 1.54) is 5.56 Å². The molecule has 0 saturated carbocycles. The normalized spacial score (nSPS) is 15.3. The summed E-state index contributed by atoms with van der Waals surface area (Å²) in [6.07, 6.45) is 1.01. The highest BCUT2D eigenvalue weighted by molar-refractivity contribution is 6.32. The molecular weight excluding hydrogens is 404 g/mol. The van der Waals surface area contributed by atoms with Crippen molar-refractivity contribution >= 4 is 23.4 Å². The monoisotopic (exact) mass is 430 g/mol. The molecule has 2 amide bonds. The van der Waals surface area contributed by atoms with Crippen molar-refractivity contribution < 1.29 is 19.1 Å². The van der Waals surface area contributed by atoms with E-state index >= 15 is 0 Å². The SMILES string of the molecule is CCOc1c(Cl)cc(CNC(=O)CC2c3ccccc3CCN2C(C)=O)cc1OC. The number of ether oxygens (including phenoxy) is 2. The Hall–Kier alpha value is -2.73. The number of carbonyl (C=O) groups excluding carboxylic acids is 2. The minimum absolute atomic E-state index is 0.0228. The molecular formula is C23H27ClN2O4. The Morgan fingerprint density at radius 1 is 1.27 bits per heavy atom. The maximum absolute atomic E-state index is 12.7. The third-order valence-electron chi connectivity index (χ3n) is 5.26. The smallest absolute Gasteiger partial charge is 0.222 e. The quantitative estimate of drug-likeness (QED) is 0.723. The molecule has 0 radical (unpaired) electrons. The van der Waals surface area contributed by atoms with Gasteiger partial charge in [-0.3, -0.25) is 9.59 Å². The first-order chi connectivity index (χ1) is 14.4. The van der Waals surface area contributed by atoms with Gasteiger partial charge >= 0.3 is 0 Å². The number of carbonyl (C=O) groups is 2. The summed E-state index contributed by atoms with van der Waals surface area (Å²) in [6.45, 7) is 4.82. The zero-order valence-electron chi connectivity index (χ0n) is 17.5. The fourth-order valence-electron chi connectivity index (χ4n) is 3.86. The van der Waals surface area contributed by atoms with Gasteiger partial charge in [0.15, 0.2) is 11.5 Å². The molecule has 0 aromatic heterocycles. The number of halogens is 1. The Kier molecular flexibility index (Phi) is 7.21. The average Bonchev–Trinajstić information content (AvgIpc) is 2.73. The number of hydrogen-bond donors (Lipinski definition) is 1. The number of methoxy groups -OCH3 is 1. The number of nitrogens with one attached hydrogen (secondary N) is 1. The summed E-state index contributed by atoms with van der Waals surface area (Å²) in [6, 6.07) is 11.3. The largest absolute Gasteiger partial charge is 0.493 e. The Balaban J connectivity index is 1.71. The van der Waals surface area contributed by atoms with E-state index in [1.54, 1.807) is 31.1 Å². The van der Waals surface area contributed by atoms with Crippen molar-refractivity contribution in [3.05, 3.63) is 58.1 Å². The molecule has 0 spiro atoms. The Labute approximate surface area is 182 Å². The van der Waals surface area contributed by atoms with Crippen molar-refractivity contribution in [1.82, 2.24) is 10.2 Å². The summed E-state index contributed by atoms with van der Waals surface area (Å²) in [5.41, 5.74) is 3.04. The second-order valence-electron chi connectivity index (χ2n) is 7.20. The first-order valence-corrected chi connectivity index (χ1v) is 10.4. The molecule has 30 heavy (non-hydrogen) atoms. The van der Waals surface area contributed by atoms with Gasteiger partial charge in [0.05, 0.1) is 31.2 Å². The molecule has 6 nitrogen and oxygen atoms in total. The van der Waals surface area contributed by atoms with E-state index in [1.807, 2.05) is 25.1 Å². The van der Waals surface area contributed by atoms with E-state index in [0.717, 1.165) is 17.5 Å². The highest BCUT2D eigenvalue weighted by Crippen LogP contribution is 2.36. The Morgan fingerprint density at radius 2 is 2.03 bits per heavy atom. The van der Waals surface area contributed by atoms with Crippen LogP contribution < -0.4 is 14.8 Å². The van der Waals surface area contributed by atoms with Crippen LogP contribution in [0.15, 0.2) is 36.4 Å². The van der Waals surface area contributed by atoms with Gasteiger partial charge in [0.25, 0.3) is 0 Å². The molecule has 3 rings (SSSR count). The van der Waals surface area contributed by atoms with Gasteiger partial charge in [-0.25, -0.2) is 0 Å². The molecule has 7 heteroatoms. The molecule has 0 bridgehead atoms. The summed E-state index contributed by atoms with van der Waals surface area (Å²) in [5, 5.41) is 3.37. The maximum Gasteiger partial charge on any atom is 0.222 e. The maximum atomic E-state index is 12.7. The molecule has 2 aromatic rings. The minimum atomic E-state index is -0.258. The predicted molar refractivity (Wildman–Crippen MR) is 116 cm³/mol. The lowest BCUT2D eigenvalue weighted by Gasteiger charge is -2.36. The first kappa shape index (κ1) is 22.0. The summed E-state index contributed by atoms with van der Waals surface area (Å²) >= 11 is 6.31. The van der Waals surface area contributed by atoms with Crippen LogP contribution in [-0.4, -0.2) is 37.0 Å². The first-order valence-electron chi connectivity index (χ1n) is 10.1. The Morgan fingerprint density at radius 3 is 2.73 bits per heavy atom. The standard InChI is InChI=1S/C23H27ClN2O4/c1-4-30-23-19(24)11-16(12-21(23)29-3)14-25-22(28)13-20-18-8-6-5-7-17(18)9-10-26(20)15(2)27/h5-8,11-12,20H,4,9-10,13-14H2,1-3H3,(H,25,28). The van der Waals surface area contributed by atoms with Gasteiger partial charge in [-0.15, -0.1) is 0 Å². The fraction of sp³-hybridized carbons (Fsp3) is 0.391. The summed E-state index contributed by atoms with van der Waals surface area (Å²) in [5.74, 6) is 0.863. The van der Waals surface area contributed by atoms with Gasteiger partial charge in [-0.05, 0) is 42.2 Å². The number of rotatable bonds is 7. The van der Waals surface area contributed by atoms with Crippen molar-refractivity contribution in [2.45, 2.75) is 39.3 Å². The summed E-state index contributed by atoms with van der Waals surface area (Å²) in [4.78, 5) is 26.6. The number of benzene rings is 2. The lowest BCUT2D eigenvalue weighted by Crippen LogP contribution is -2.41. The van der Waals surface area contributed by atoms with Crippen LogP contribution in [0.4, 0.5) is 0 Å². The van der Waals surface area contributed by atoms with E-state index in [9.17, 15) is 9.59 Å². The highest BCUT2D eigenvalue weighted by Gasteiger charge is 2.30. The van der Waals surface area contributed by atoms with Gasteiger partial charge in [-0.1, -0.05) is 35.9 Å². The van der Waals surface area contributed by atoms with Crippen molar-refractivity contribution in [3.8, 4) is 11.5 Å². The summed E-state index contributed by atoms with van der Waals surface area (Å²) < 4.78 is 10.9. The van der Waals surface area contributed by atoms with Crippen molar-refractivity contribution in [1.29, 1.82) is 0 Å². The molecule has 0 aliphatic carbocycles. The van der Waals surface area contributed by atoms with E-state index in [0.29, 0.717) is 36.2 Å². The number of nitrogens with zero attached hydrogens (tertiary/aromatic N) is 1. The van der Waals surface area contributed by atoms with Crippen molar-refractivity contribution in [2.75, 3.05) is 20.3 Å². The third-order valence-corrected chi connectivity index (χ3v) is 5.54. The second kappa shape index (κ2) is 9.85. The highest BCUT2D eigenvalue weighted by atomic mass is 35.5. The number of fused-ring (bicyclic) bond motifs is 1. The van der Waals surface area contributed by atoms with Crippen LogP contribution >= 0.6 is 11.6 Å². The van der Waals surface area contributed by atoms with Gasteiger partial charge in [0, 0.05) is 20.0 Å². The summed E-state index contributed by atoms with van der Waals surface area (Å²) in [7, 11) is 1.55. The molecule has 2 aromatic carbocycles. The third kappa shape index (κ3) is 4.87. The molecule has 160 valence electrons. The van der Waals surface area contributed by atoms with Crippen LogP contribution in [0.2, 0.25) is 5.02 Å². The molecule has 1 N–H and O–H groups in total. The van der Waals surface area contributed by atoms with Crippen LogP contribution in [-0.2, 0) is 22.6 Å². The zero-order valence-corrected chi connectivity index (χ0v) is 18.3. The van der Waals surface area contributed by atoms with E-state index in [4.69, 9.17) is 21.1 Å². The second-order valence-corrected chi connectivity index (χ2v) is 7.61. The average molecular weight is 431 g/mol. The van der Waals surface area contributed by atoms with Gasteiger partial charge in [-0.2, -0.15) is 0 Å². The molecule has 1 unspecified atom stereocenters. The fourth-order valence-corrected chi connectivity index (χ4v) is 4.14. The molecule has 0 saturated heterocycles. The van der Waals surface area contributed by atoms with Crippen LogP contribution in [0.5, 0.6) is 11.5 Å². The van der Waals surface area contributed by atoms with Gasteiger partial charge < -0.3 is 19.7 Å². The van der Waals surface area contributed by atoms with Crippen LogP contribution in [0.3, 0.4) is 0 Å². The molecule has 1 heterocycles. The Bertz CT molecular complexity index is 931. The van der Waals surface area contributed by atoms with Gasteiger partial charge in [0.2, 0.25) is 11.8 Å².